The molecule has 0 unspecified atom stereocenters. The van der Waals surface area contributed by atoms with Gasteiger partial charge in [-0.05, 0) is 43.9 Å². The number of nitrogens with one attached hydrogen (secondary N) is 2. The minimum Gasteiger partial charge on any atom is -0.434 e. The third-order valence-electron chi connectivity index (χ3n) is 7.65. The number of ether oxygens (including phenoxy) is 1. The van der Waals surface area contributed by atoms with Crippen molar-refractivity contribution < 1.29 is 31.1 Å². The molecule has 5 nitrogen and oxygen atoms in total. The van der Waals surface area contributed by atoms with Crippen LogP contribution in [0.15, 0.2) is 42.5 Å². The predicted molar refractivity (Wildman–Crippen MR) is 138 cm³/mol. The Kier molecular flexibility index (Phi) is 8.00. The molecule has 3 aromatic rings. The number of nitrogens with zero attached hydrogens (tertiary/aromatic N) is 2. The van der Waals surface area contributed by atoms with Crippen molar-refractivity contribution in [1.82, 2.24) is 14.8 Å². The van der Waals surface area contributed by atoms with Crippen LogP contribution in [0.5, 0.6) is 5.75 Å². The van der Waals surface area contributed by atoms with Crippen LogP contribution in [-0.4, -0.2) is 72.5 Å². The summed E-state index contributed by atoms with van der Waals surface area (Å²) in [5.41, 5.74) is 2.99. The Morgan fingerprint density at radius 3 is 2.69 bits per heavy atom. The van der Waals surface area contributed by atoms with Gasteiger partial charge in [0.25, 0.3) is 0 Å². The fourth-order valence-corrected chi connectivity index (χ4v) is 6.02. The fourth-order valence-electron chi connectivity index (χ4n) is 6.02. The third-order valence-corrected chi connectivity index (χ3v) is 7.65. The number of alkyl halides is 6. The lowest BCUT2D eigenvalue weighted by Crippen LogP contribution is -2.47. The lowest BCUT2D eigenvalue weighted by molar-refractivity contribution is -0.155. The molecule has 11 heteroatoms. The first-order valence-corrected chi connectivity index (χ1v) is 13.2. The van der Waals surface area contributed by atoms with Crippen molar-refractivity contribution in [2.45, 2.75) is 57.1 Å². The molecule has 3 atom stereocenters. The van der Waals surface area contributed by atoms with Gasteiger partial charge in [0.2, 0.25) is 0 Å². The lowest BCUT2D eigenvalue weighted by atomic mass is 9.88. The summed E-state index contributed by atoms with van der Waals surface area (Å²) in [6.07, 6.45) is -2.84. The Balaban J connectivity index is 1.53. The molecule has 2 aliphatic rings. The molecule has 5 rings (SSSR count). The molecule has 0 aliphatic carbocycles. The second kappa shape index (κ2) is 11.3. The summed E-state index contributed by atoms with van der Waals surface area (Å²) in [4.78, 5) is 6.72. The number of aromatic nitrogens is 1. The number of likely N-dealkylation sites (tertiary alicyclic amines) is 1. The summed E-state index contributed by atoms with van der Waals surface area (Å²) >= 11 is 0. The molecule has 0 bridgehead atoms. The molecule has 212 valence electrons. The summed E-state index contributed by atoms with van der Waals surface area (Å²) in [7, 11) is 0. The van der Waals surface area contributed by atoms with Gasteiger partial charge >= 0.3 is 12.8 Å². The van der Waals surface area contributed by atoms with Gasteiger partial charge in [-0.3, -0.25) is 9.29 Å². The summed E-state index contributed by atoms with van der Waals surface area (Å²) in [6, 6.07) is 10.8. The van der Waals surface area contributed by atoms with Crippen molar-refractivity contribution >= 4 is 16.6 Å². The maximum Gasteiger partial charge on any atom is 0.401 e. The number of rotatable bonds is 9. The van der Waals surface area contributed by atoms with Gasteiger partial charge in [-0.15, -0.1) is 0 Å². The van der Waals surface area contributed by atoms with E-state index in [4.69, 9.17) is 4.74 Å². The van der Waals surface area contributed by atoms with Crippen LogP contribution in [0.2, 0.25) is 0 Å². The van der Waals surface area contributed by atoms with Gasteiger partial charge < -0.3 is 19.9 Å². The number of benzene rings is 2. The van der Waals surface area contributed by atoms with E-state index in [1.807, 2.05) is 24.3 Å². The molecule has 0 amide bonds. The Labute approximate surface area is 223 Å². The maximum absolute atomic E-state index is 13.8. The van der Waals surface area contributed by atoms with E-state index in [9.17, 15) is 26.3 Å². The van der Waals surface area contributed by atoms with Crippen LogP contribution in [-0.2, 0) is 6.42 Å². The molecular weight excluding hydrogens is 522 g/mol. The largest absolute Gasteiger partial charge is 0.434 e. The highest BCUT2D eigenvalue weighted by Gasteiger charge is 2.43. The van der Waals surface area contributed by atoms with Crippen molar-refractivity contribution in [1.29, 1.82) is 0 Å². The topological polar surface area (TPSA) is 43.5 Å². The zero-order valence-electron chi connectivity index (χ0n) is 21.6. The SMILES string of the molecule is C[C@@H]1Cc2c([nH]c3ccccc23)[C@H](c2ccc(N[C@H]3CCN(CCCF)C3)cc2OC(F)F)N1CC(F)(F)F. The Bertz CT molecular complexity index is 1280. The highest BCUT2D eigenvalue weighted by molar-refractivity contribution is 5.85. The van der Waals surface area contributed by atoms with E-state index in [0.717, 1.165) is 29.4 Å². The van der Waals surface area contributed by atoms with E-state index in [0.29, 0.717) is 37.3 Å². The first kappa shape index (κ1) is 27.6. The van der Waals surface area contributed by atoms with E-state index in [-0.39, 0.29) is 24.0 Å². The minimum atomic E-state index is -4.49. The average molecular weight is 555 g/mol. The lowest BCUT2D eigenvalue weighted by Gasteiger charge is -2.41. The van der Waals surface area contributed by atoms with Crippen molar-refractivity contribution in [2.24, 2.45) is 0 Å². The Morgan fingerprint density at radius 1 is 1.15 bits per heavy atom. The van der Waals surface area contributed by atoms with Crippen LogP contribution >= 0.6 is 0 Å². The van der Waals surface area contributed by atoms with Crippen LogP contribution in [0.1, 0.15) is 42.6 Å². The second-order valence-corrected chi connectivity index (χ2v) is 10.4. The van der Waals surface area contributed by atoms with Crippen LogP contribution < -0.4 is 10.1 Å². The normalized spacial score (nSPS) is 22.5. The van der Waals surface area contributed by atoms with E-state index in [1.54, 1.807) is 19.1 Å². The number of para-hydroxylation sites is 1. The van der Waals surface area contributed by atoms with Gasteiger partial charge in [0.1, 0.15) is 5.75 Å². The van der Waals surface area contributed by atoms with Gasteiger partial charge in [0.15, 0.2) is 0 Å². The first-order valence-electron chi connectivity index (χ1n) is 13.2. The number of H-pyrrole nitrogens is 1. The van der Waals surface area contributed by atoms with E-state index in [1.165, 1.54) is 11.0 Å². The number of aromatic amines is 1. The monoisotopic (exact) mass is 554 g/mol. The average Bonchev–Trinajstić information content (AvgIpc) is 3.47. The zero-order valence-corrected chi connectivity index (χ0v) is 21.6. The molecule has 0 spiro atoms. The van der Waals surface area contributed by atoms with Crippen LogP contribution in [0.25, 0.3) is 10.9 Å². The molecule has 2 N–H and O–H groups in total. The van der Waals surface area contributed by atoms with Gasteiger partial charge in [-0.1, -0.05) is 24.3 Å². The Morgan fingerprint density at radius 2 is 1.95 bits per heavy atom. The van der Waals surface area contributed by atoms with E-state index >= 15 is 0 Å². The molecule has 1 aromatic heterocycles. The third kappa shape index (κ3) is 6.14. The van der Waals surface area contributed by atoms with Gasteiger partial charge in [-0.2, -0.15) is 22.0 Å². The Hall–Kier alpha value is -2.92. The number of anilines is 1. The molecule has 0 saturated carbocycles. The van der Waals surface area contributed by atoms with Crippen molar-refractivity contribution in [3.05, 3.63) is 59.3 Å². The quantitative estimate of drug-likeness (QED) is 0.296. The smallest absolute Gasteiger partial charge is 0.401 e. The molecule has 3 heterocycles. The molecule has 1 saturated heterocycles. The fraction of sp³-hybridized carbons (Fsp3) is 0.500. The standard InChI is InChI=1S/C28H32F6N4O/c1-17-13-22-20-5-2-3-6-23(20)36-25(22)26(38(17)16-28(32,33)34)21-8-7-18(14-24(21)39-27(30)31)35-19-9-12-37(15-19)11-4-10-29/h2-3,5-8,14,17,19,26-27,35-36H,4,9-13,15-16H2,1H3/t17-,19+,26+/m1/s1. The number of fused-ring (bicyclic) bond motifs is 3. The van der Waals surface area contributed by atoms with E-state index in [2.05, 4.69) is 15.2 Å². The molecule has 0 radical (unpaired) electrons. The van der Waals surface area contributed by atoms with Crippen molar-refractivity contribution in [3.63, 3.8) is 0 Å². The number of hydrogen-bond acceptors (Lipinski definition) is 4. The maximum atomic E-state index is 13.8. The van der Waals surface area contributed by atoms with Crippen LogP contribution in [0.4, 0.5) is 32.0 Å². The minimum absolute atomic E-state index is 0.0339. The number of halogens is 6. The van der Waals surface area contributed by atoms with Crippen molar-refractivity contribution in [2.75, 3.05) is 38.2 Å². The molecule has 2 aromatic carbocycles. The highest BCUT2D eigenvalue weighted by atomic mass is 19.4. The van der Waals surface area contributed by atoms with Gasteiger partial charge in [0, 0.05) is 65.6 Å². The van der Waals surface area contributed by atoms with Crippen LogP contribution in [0.3, 0.4) is 0 Å². The van der Waals surface area contributed by atoms with Gasteiger partial charge in [0.05, 0.1) is 19.3 Å². The van der Waals surface area contributed by atoms with Crippen LogP contribution in [0, 0.1) is 0 Å². The molecular formula is C28H32F6N4O. The summed E-state index contributed by atoms with van der Waals surface area (Å²) in [5, 5.41) is 4.23. The highest BCUT2D eigenvalue weighted by Crippen LogP contribution is 2.45. The second-order valence-electron chi connectivity index (χ2n) is 10.4. The molecule has 2 aliphatic heterocycles. The predicted octanol–water partition coefficient (Wildman–Crippen LogP) is 6.51. The molecule has 1 fully saturated rings. The summed E-state index contributed by atoms with van der Waals surface area (Å²) in [6.45, 7) is -0.875. The van der Waals surface area contributed by atoms with Gasteiger partial charge in [-0.25, -0.2) is 0 Å². The first-order chi connectivity index (χ1) is 18.6. The number of hydrogen-bond donors (Lipinski definition) is 2. The molecule has 39 heavy (non-hydrogen) atoms. The summed E-state index contributed by atoms with van der Waals surface area (Å²) < 4.78 is 85.9. The zero-order chi connectivity index (χ0) is 27.7. The van der Waals surface area contributed by atoms with Crippen molar-refractivity contribution in [3.8, 4) is 5.75 Å². The summed E-state index contributed by atoms with van der Waals surface area (Å²) in [5.74, 6) is -0.168. The van der Waals surface area contributed by atoms with E-state index < -0.39 is 31.4 Å².